The standard InChI is InChI=1S/C5H9NO/c1-3-4-6-5(2)7/h3H,1,4H2,2H3,(H,6,7)/p+1. The number of amides is 1. The van der Waals surface area contributed by atoms with Gasteiger partial charge in [0, 0.05) is 0 Å². The number of carbonyl (C=O) groups is 1. The van der Waals surface area contributed by atoms with Crippen LogP contribution >= 0.6 is 0 Å². The van der Waals surface area contributed by atoms with Gasteiger partial charge in [-0.1, -0.05) is 6.58 Å². The van der Waals surface area contributed by atoms with Crippen LogP contribution in [0.25, 0.3) is 0 Å². The second-order valence-corrected chi connectivity index (χ2v) is 1.34. The maximum Gasteiger partial charge on any atom is 0.307 e. The van der Waals surface area contributed by atoms with Crippen molar-refractivity contribution in [3.63, 3.8) is 0 Å². The first-order chi connectivity index (χ1) is 3.27. The minimum atomic E-state index is 0.111. The van der Waals surface area contributed by atoms with Crippen LogP contribution in [0.5, 0.6) is 0 Å². The Morgan fingerprint density at radius 2 is 2.57 bits per heavy atom. The molecule has 2 nitrogen and oxygen atoms in total. The number of nitrogens with two attached hydrogens (primary N) is 1. The van der Waals surface area contributed by atoms with Gasteiger partial charge < -0.3 is 0 Å². The van der Waals surface area contributed by atoms with Gasteiger partial charge in [-0.25, -0.2) is 4.79 Å². The van der Waals surface area contributed by atoms with Gasteiger partial charge in [-0.15, -0.1) is 0 Å². The maximum absolute atomic E-state index is 10.1. The fourth-order valence-corrected chi connectivity index (χ4v) is 0.249. The highest BCUT2D eigenvalue weighted by Gasteiger charge is 1.87. The largest absolute Gasteiger partial charge is 0.307 e. The lowest BCUT2D eigenvalue weighted by molar-refractivity contribution is -0.557. The maximum atomic E-state index is 10.1. The van der Waals surface area contributed by atoms with Gasteiger partial charge in [-0.2, -0.15) is 0 Å². The van der Waals surface area contributed by atoms with Gasteiger partial charge in [-0.05, 0) is 6.08 Å². The molecule has 2 heteroatoms. The number of carbonyl (C=O) groups excluding carboxylic acids is 1. The van der Waals surface area contributed by atoms with Gasteiger partial charge >= 0.3 is 5.91 Å². The van der Waals surface area contributed by atoms with Crippen LogP contribution in [-0.2, 0) is 4.79 Å². The second kappa shape index (κ2) is 3.56. The van der Waals surface area contributed by atoms with E-state index < -0.39 is 0 Å². The average molecular weight is 100 g/mol. The molecule has 0 radical (unpaired) electrons. The molecular formula is C5H10NO+. The van der Waals surface area contributed by atoms with Crippen LogP contribution in [-0.4, -0.2) is 12.5 Å². The molecule has 0 saturated carbocycles. The van der Waals surface area contributed by atoms with Gasteiger partial charge in [0.15, 0.2) is 0 Å². The number of rotatable bonds is 2. The third-order valence-corrected chi connectivity index (χ3v) is 0.572. The van der Waals surface area contributed by atoms with Gasteiger partial charge in [0.2, 0.25) is 0 Å². The summed E-state index contributed by atoms with van der Waals surface area (Å²) in [6, 6.07) is 0. The lowest BCUT2D eigenvalue weighted by atomic mass is 10.6. The van der Waals surface area contributed by atoms with Crippen molar-refractivity contribution in [2.75, 3.05) is 6.54 Å². The summed E-state index contributed by atoms with van der Waals surface area (Å²) >= 11 is 0. The molecule has 0 aliphatic carbocycles. The molecule has 0 aromatic rings. The van der Waals surface area contributed by atoms with Crippen molar-refractivity contribution in [3.05, 3.63) is 12.7 Å². The highest BCUT2D eigenvalue weighted by Crippen LogP contribution is 1.45. The van der Waals surface area contributed by atoms with Gasteiger partial charge in [0.1, 0.15) is 6.54 Å². The van der Waals surface area contributed by atoms with Crippen LogP contribution in [0.4, 0.5) is 0 Å². The van der Waals surface area contributed by atoms with Gasteiger partial charge in [0.25, 0.3) is 0 Å². The molecule has 0 fully saturated rings. The zero-order valence-electron chi connectivity index (χ0n) is 4.48. The lowest BCUT2D eigenvalue weighted by Gasteiger charge is -1.83. The monoisotopic (exact) mass is 100 g/mol. The first kappa shape index (κ1) is 6.37. The molecule has 0 rings (SSSR count). The van der Waals surface area contributed by atoms with Gasteiger partial charge in [0.05, 0.1) is 6.92 Å². The molecule has 0 heterocycles. The van der Waals surface area contributed by atoms with Crippen LogP contribution in [0.1, 0.15) is 6.92 Å². The van der Waals surface area contributed by atoms with Crippen molar-refractivity contribution >= 4 is 5.91 Å². The van der Waals surface area contributed by atoms with Crippen LogP contribution in [0, 0.1) is 0 Å². The Bertz CT molecular complexity index is 78.1. The molecule has 7 heavy (non-hydrogen) atoms. The summed E-state index contributed by atoms with van der Waals surface area (Å²) in [6.07, 6.45) is 1.70. The minimum Gasteiger partial charge on any atom is -0.280 e. The molecule has 0 saturated heterocycles. The van der Waals surface area contributed by atoms with E-state index in [1.54, 1.807) is 11.4 Å². The Morgan fingerprint density at radius 3 is 2.71 bits per heavy atom. The molecule has 0 atom stereocenters. The normalized spacial score (nSPS) is 8.14. The highest BCUT2D eigenvalue weighted by molar-refractivity contribution is 5.61. The fraction of sp³-hybridized carbons (Fsp3) is 0.400. The van der Waals surface area contributed by atoms with Crippen LogP contribution in [0.15, 0.2) is 12.7 Å². The van der Waals surface area contributed by atoms with Crippen molar-refractivity contribution in [2.45, 2.75) is 6.92 Å². The summed E-state index contributed by atoms with van der Waals surface area (Å²) in [5, 5.41) is 1.59. The SMILES string of the molecule is C=CC[NH2+]C(C)=O. The van der Waals surface area contributed by atoms with Crippen molar-refractivity contribution in [1.29, 1.82) is 0 Å². The average Bonchev–Trinajstić information content (AvgIpc) is 1.61. The van der Waals surface area contributed by atoms with Crippen LogP contribution in [0.2, 0.25) is 0 Å². The summed E-state index contributed by atoms with van der Waals surface area (Å²) in [5.74, 6) is 0.111. The highest BCUT2D eigenvalue weighted by atomic mass is 16.1. The fourth-order valence-electron chi connectivity index (χ4n) is 0.249. The van der Waals surface area contributed by atoms with E-state index in [1.807, 2.05) is 0 Å². The zero-order chi connectivity index (χ0) is 5.70. The van der Waals surface area contributed by atoms with E-state index in [2.05, 4.69) is 6.58 Å². The van der Waals surface area contributed by atoms with E-state index in [4.69, 9.17) is 0 Å². The van der Waals surface area contributed by atoms with Crippen molar-refractivity contribution in [3.8, 4) is 0 Å². The summed E-state index contributed by atoms with van der Waals surface area (Å²) in [7, 11) is 0. The van der Waals surface area contributed by atoms with Crippen molar-refractivity contribution < 1.29 is 10.1 Å². The quantitative estimate of drug-likeness (QED) is 0.457. The number of hydrogen-bond acceptors (Lipinski definition) is 1. The predicted molar refractivity (Wildman–Crippen MR) is 27.7 cm³/mol. The van der Waals surface area contributed by atoms with Gasteiger partial charge in [-0.3, -0.25) is 5.32 Å². The minimum absolute atomic E-state index is 0.111. The molecule has 0 unspecified atom stereocenters. The molecular weight excluding hydrogens is 90.1 g/mol. The van der Waals surface area contributed by atoms with Crippen molar-refractivity contribution in [2.24, 2.45) is 0 Å². The zero-order valence-corrected chi connectivity index (χ0v) is 4.48. The summed E-state index contributed by atoms with van der Waals surface area (Å²) in [5.41, 5.74) is 0. The van der Waals surface area contributed by atoms with E-state index >= 15 is 0 Å². The molecule has 1 amide bonds. The Labute approximate surface area is 43.2 Å². The molecule has 2 N–H and O–H groups in total. The summed E-state index contributed by atoms with van der Waals surface area (Å²) in [4.78, 5) is 10.1. The lowest BCUT2D eigenvalue weighted by Crippen LogP contribution is -2.86. The van der Waals surface area contributed by atoms with Crippen molar-refractivity contribution in [1.82, 2.24) is 0 Å². The first-order valence-corrected chi connectivity index (χ1v) is 2.22. The molecule has 0 aliphatic heterocycles. The first-order valence-electron chi connectivity index (χ1n) is 2.22. The number of primary amides is 1. The molecule has 0 aromatic heterocycles. The summed E-state index contributed by atoms with van der Waals surface area (Å²) < 4.78 is 0. The van der Waals surface area contributed by atoms with E-state index in [-0.39, 0.29) is 5.91 Å². The molecule has 0 aromatic carbocycles. The second-order valence-electron chi connectivity index (χ2n) is 1.34. The Hall–Kier alpha value is -0.630. The topological polar surface area (TPSA) is 33.7 Å². The van der Waals surface area contributed by atoms with E-state index in [1.165, 1.54) is 6.92 Å². The predicted octanol–water partition coefficient (Wildman–Crippen LogP) is -0.718. The Morgan fingerprint density at radius 1 is 2.00 bits per heavy atom. The summed E-state index contributed by atoms with van der Waals surface area (Å²) in [6.45, 7) is 5.67. The molecule has 40 valence electrons. The number of quaternary nitrogens is 1. The van der Waals surface area contributed by atoms with E-state index in [0.29, 0.717) is 6.54 Å². The Kier molecular flexibility index (Phi) is 3.24. The molecule has 0 aliphatic rings. The number of hydrogen-bond donors (Lipinski definition) is 1. The van der Waals surface area contributed by atoms with E-state index in [9.17, 15) is 4.79 Å². The van der Waals surface area contributed by atoms with Crippen LogP contribution < -0.4 is 5.32 Å². The van der Waals surface area contributed by atoms with E-state index in [0.717, 1.165) is 0 Å². The Balaban J connectivity index is 2.97. The molecule has 0 spiro atoms. The van der Waals surface area contributed by atoms with Crippen LogP contribution in [0.3, 0.4) is 0 Å². The smallest absolute Gasteiger partial charge is 0.280 e. The third-order valence-electron chi connectivity index (χ3n) is 0.572. The molecule has 0 bridgehead atoms. The third kappa shape index (κ3) is 5.37.